The van der Waals surface area contributed by atoms with Crippen LogP contribution >= 0.6 is 0 Å². The van der Waals surface area contributed by atoms with Crippen molar-refractivity contribution in [3.8, 4) is 84.5 Å². The van der Waals surface area contributed by atoms with Crippen molar-refractivity contribution in [2.45, 2.75) is 0 Å². The minimum absolute atomic E-state index is 0.507. The summed E-state index contributed by atoms with van der Waals surface area (Å²) in [6.45, 7) is 0. The van der Waals surface area contributed by atoms with E-state index in [0.29, 0.717) is 23.2 Å². The normalized spacial score (nSPS) is 11.5. The van der Waals surface area contributed by atoms with Gasteiger partial charge in [0, 0.05) is 55.9 Å². The lowest BCUT2D eigenvalue weighted by molar-refractivity contribution is 0.674. The van der Waals surface area contributed by atoms with Gasteiger partial charge >= 0.3 is 0 Å². The zero-order chi connectivity index (χ0) is 45.0. The van der Waals surface area contributed by atoms with Crippen molar-refractivity contribution in [2.24, 2.45) is 0 Å². The molecule has 0 aliphatic rings. The molecule has 318 valence electrons. The molecular formula is C62H39N5O. The van der Waals surface area contributed by atoms with E-state index in [0.717, 1.165) is 105 Å². The fourth-order valence-corrected chi connectivity index (χ4v) is 9.74. The van der Waals surface area contributed by atoms with Crippen LogP contribution in [0.4, 0.5) is 0 Å². The summed E-state index contributed by atoms with van der Waals surface area (Å²) in [5, 5.41) is 4.23. The number of pyridine rings is 1. The van der Waals surface area contributed by atoms with Gasteiger partial charge in [0.2, 0.25) is 0 Å². The Morgan fingerprint density at radius 3 is 1.54 bits per heavy atom. The molecule has 13 rings (SSSR count). The van der Waals surface area contributed by atoms with Crippen molar-refractivity contribution in [3.05, 3.63) is 237 Å². The molecule has 0 atom stereocenters. The summed E-state index contributed by atoms with van der Waals surface area (Å²) in [7, 11) is 0. The van der Waals surface area contributed by atoms with Crippen LogP contribution in [0, 0.1) is 0 Å². The molecule has 0 unspecified atom stereocenters. The van der Waals surface area contributed by atoms with Crippen LogP contribution in [0.3, 0.4) is 0 Å². The molecule has 6 nitrogen and oxygen atoms in total. The minimum Gasteiger partial charge on any atom is -0.455 e. The number of fused-ring (bicyclic) bond motifs is 7. The molecule has 0 bridgehead atoms. The summed E-state index contributed by atoms with van der Waals surface area (Å²) < 4.78 is 9.53. The van der Waals surface area contributed by atoms with Crippen molar-refractivity contribution in [1.29, 1.82) is 0 Å². The number of para-hydroxylation sites is 3. The maximum absolute atomic E-state index is 7.21. The summed E-state index contributed by atoms with van der Waals surface area (Å²) in [4.78, 5) is 21.0. The molecule has 9 aromatic carbocycles. The van der Waals surface area contributed by atoms with E-state index < -0.39 is 0 Å². The van der Waals surface area contributed by atoms with E-state index in [4.69, 9.17) is 24.4 Å². The lowest BCUT2D eigenvalue weighted by Gasteiger charge is -2.15. The molecule has 0 aliphatic carbocycles. The Kier molecular flexibility index (Phi) is 9.39. The molecule has 0 aliphatic heterocycles. The van der Waals surface area contributed by atoms with Crippen LogP contribution in [-0.2, 0) is 0 Å². The molecule has 6 heteroatoms. The largest absolute Gasteiger partial charge is 0.455 e. The maximum atomic E-state index is 7.21. The number of furan rings is 1. The number of benzene rings is 9. The Morgan fingerprint density at radius 1 is 0.324 bits per heavy atom. The Balaban J connectivity index is 1.07. The number of nitrogens with zero attached hydrogens (tertiary/aromatic N) is 5. The molecule has 0 radical (unpaired) electrons. The third-order valence-electron chi connectivity index (χ3n) is 12.9. The first kappa shape index (κ1) is 39.1. The van der Waals surface area contributed by atoms with E-state index in [9.17, 15) is 0 Å². The second kappa shape index (κ2) is 16.3. The molecule has 4 aromatic heterocycles. The topological polar surface area (TPSA) is 69.6 Å². The molecule has 0 N–H and O–H groups in total. The van der Waals surface area contributed by atoms with Gasteiger partial charge in [-0.3, -0.25) is 4.98 Å². The number of aromatic nitrogens is 5. The zero-order valence-electron chi connectivity index (χ0n) is 36.7. The highest BCUT2D eigenvalue weighted by molar-refractivity contribution is 6.24. The zero-order valence-corrected chi connectivity index (χ0v) is 36.7. The third-order valence-corrected chi connectivity index (χ3v) is 12.9. The van der Waals surface area contributed by atoms with Gasteiger partial charge in [0.05, 0.1) is 22.1 Å². The van der Waals surface area contributed by atoms with Gasteiger partial charge < -0.3 is 8.98 Å². The second-order valence-corrected chi connectivity index (χ2v) is 17.0. The fourth-order valence-electron chi connectivity index (χ4n) is 9.74. The Labute approximate surface area is 392 Å². The predicted octanol–water partition coefficient (Wildman–Crippen LogP) is 15.9. The number of hydrogen-bond donors (Lipinski definition) is 0. The van der Waals surface area contributed by atoms with Crippen molar-refractivity contribution in [1.82, 2.24) is 24.5 Å². The van der Waals surface area contributed by atoms with Gasteiger partial charge in [0.1, 0.15) is 11.2 Å². The monoisotopic (exact) mass is 869 g/mol. The van der Waals surface area contributed by atoms with Gasteiger partial charge in [-0.2, -0.15) is 0 Å². The molecule has 13 aromatic rings. The van der Waals surface area contributed by atoms with Gasteiger partial charge in [-0.15, -0.1) is 0 Å². The SMILES string of the molecule is c1ccc(-c2nc(-c3ccccc3)nc(-c3cc(-c4ccc(-c5ccccc5)c(-c5ccccc5)c4)cnc3-c3cccc4c3oc3c4ccc4c3c3ccccc3n4-c3ccccc3)n2)cc1. The highest BCUT2D eigenvalue weighted by Gasteiger charge is 2.24. The molecule has 0 spiro atoms. The van der Waals surface area contributed by atoms with Gasteiger partial charge in [0.25, 0.3) is 0 Å². The molecule has 0 amide bonds. The summed E-state index contributed by atoms with van der Waals surface area (Å²) in [5.41, 5.74) is 15.5. The van der Waals surface area contributed by atoms with Crippen LogP contribution in [0.1, 0.15) is 0 Å². The first-order valence-corrected chi connectivity index (χ1v) is 22.8. The Bertz CT molecular complexity index is 3940. The van der Waals surface area contributed by atoms with E-state index in [1.54, 1.807) is 0 Å². The lowest BCUT2D eigenvalue weighted by Crippen LogP contribution is -2.02. The highest BCUT2D eigenvalue weighted by atomic mass is 16.3. The van der Waals surface area contributed by atoms with Crippen LogP contribution in [0.15, 0.2) is 241 Å². The van der Waals surface area contributed by atoms with Crippen molar-refractivity contribution in [3.63, 3.8) is 0 Å². The third kappa shape index (κ3) is 6.66. The molecule has 68 heavy (non-hydrogen) atoms. The lowest BCUT2D eigenvalue weighted by atomic mass is 9.91. The second-order valence-electron chi connectivity index (χ2n) is 17.0. The summed E-state index contributed by atoms with van der Waals surface area (Å²) in [6, 6.07) is 80.0. The number of hydrogen-bond acceptors (Lipinski definition) is 5. The van der Waals surface area contributed by atoms with E-state index >= 15 is 0 Å². The number of rotatable bonds is 8. The van der Waals surface area contributed by atoms with E-state index in [1.807, 2.05) is 66.9 Å². The summed E-state index contributed by atoms with van der Waals surface area (Å²) >= 11 is 0. The fraction of sp³-hybridized carbons (Fsp3) is 0. The summed E-state index contributed by atoms with van der Waals surface area (Å²) in [6.07, 6.45) is 1.97. The first-order valence-electron chi connectivity index (χ1n) is 22.8. The van der Waals surface area contributed by atoms with Crippen LogP contribution < -0.4 is 0 Å². The minimum atomic E-state index is 0.507. The Hall–Kier alpha value is -9.26. The van der Waals surface area contributed by atoms with Crippen LogP contribution in [-0.4, -0.2) is 24.5 Å². The molecule has 4 heterocycles. The van der Waals surface area contributed by atoms with Gasteiger partial charge in [-0.1, -0.05) is 182 Å². The van der Waals surface area contributed by atoms with Gasteiger partial charge in [0.15, 0.2) is 17.5 Å². The smallest absolute Gasteiger partial charge is 0.166 e. The maximum Gasteiger partial charge on any atom is 0.166 e. The van der Waals surface area contributed by atoms with Crippen LogP contribution in [0.25, 0.3) is 128 Å². The van der Waals surface area contributed by atoms with E-state index in [1.165, 1.54) is 0 Å². The van der Waals surface area contributed by atoms with Crippen molar-refractivity contribution >= 4 is 43.7 Å². The first-order chi connectivity index (χ1) is 33.7. The Morgan fingerprint density at radius 2 is 0.868 bits per heavy atom. The molecule has 0 saturated heterocycles. The standard InChI is InChI=1S/C62H39N5O/c1-6-19-40(20-7-1)47-34-33-44(37-52(47)41-21-8-2-9-22-41)45-38-53(62-65-60(42-23-10-3-11-24-42)64-61(66-62)43-25-12-4-13-26-43)57(63-39-45)51-31-18-30-48-49-35-36-55-56(59(49)68-58(48)51)50-29-16-17-32-54(50)67(55)46-27-14-5-15-28-46/h1-39H. The molecular weight excluding hydrogens is 831 g/mol. The van der Waals surface area contributed by atoms with Gasteiger partial charge in [-0.05, 0) is 76.3 Å². The summed E-state index contributed by atoms with van der Waals surface area (Å²) in [5.74, 6) is 1.65. The predicted molar refractivity (Wildman–Crippen MR) is 277 cm³/mol. The van der Waals surface area contributed by atoms with Crippen molar-refractivity contribution < 1.29 is 4.42 Å². The van der Waals surface area contributed by atoms with Crippen molar-refractivity contribution in [2.75, 3.05) is 0 Å². The molecule has 0 saturated carbocycles. The molecule has 0 fully saturated rings. The average molecular weight is 870 g/mol. The van der Waals surface area contributed by atoms with Crippen LogP contribution in [0.5, 0.6) is 0 Å². The quantitative estimate of drug-likeness (QED) is 0.152. The van der Waals surface area contributed by atoms with E-state index in [2.05, 4.69) is 174 Å². The van der Waals surface area contributed by atoms with Crippen LogP contribution in [0.2, 0.25) is 0 Å². The average Bonchev–Trinajstić information content (AvgIpc) is 3.98. The van der Waals surface area contributed by atoms with E-state index in [-0.39, 0.29) is 0 Å². The highest BCUT2D eigenvalue weighted by Crippen LogP contribution is 2.45. The van der Waals surface area contributed by atoms with Gasteiger partial charge in [-0.25, -0.2) is 15.0 Å².